The maximum atomic E-state index is 12.6. The minimum Gasteiger partial charge on any atom is -0.494 e. The number of nitrogens with one attached hydrogen (secondary N) is 1. The molecular weight excluding hydrogens is 422 g/mol. The Kier molecular flexibility index (Phi) is 7.34. The zero-order valence-electron chi connectivity index (χ0n) is 16.1. The van der Waals surface area contributed by atoms with Crippen molar-refractivity contribution in [2.24, 2.45) is 0 Å². The predicted octanol–water partition coefficient (Wildman–Crippen LogP) is 4.44. The molecule has 28 heavy (non-hydrogen) atoms. The molecule has 0 atom stereocenters. The quantitative estimate of drug-likeness (QED) is 0.649. The summed E-state index contributed by atoms with van der Waals surface area (Å²) in [4.78, 5) is 12.6. The lowest BCUT2D eigenvalue weighted by molar-refractivity contribution is -0.126. The average molecular weight is 448 g/mol. The Bertz CT molecular complexity index is 772. The van der Waals surface area contributed by atoms with Gasteiger partial charge in [-0.2, -0.15) is 0 Å². The topological polar surface area (TPSA) is 56.8 Å². The van der Waals surface area contributed by atoms with E-state index in [0.29, 0.717) is 25.6 Å². The molecule has 0 unspecified atom stereocenters. The van der Waals surface area contributed by atoms with Crippen LogP contribution in [0.15, 0.2) is 53.0 Å². The van der Waals surface area contributed by atoms with Crippen LogP contribution in [-0.4, -0.2) is 32.3 Å². The molecule has 2 aromatic carbocycles. The first-order valence-corrected chi connectivity index (χ1v) is 10.4. The Morgan fingerprint density at radius 1 is 1.11 bits per heavy atom. The molecule has 6 heteroatoms. The fourth-order valence-corrected chi connectivity index (χ4v) is 3.69. The predicted molar refractivity (Wildman–Crippen MR) is 112 cm³/mol. The van der Waals surface area contributed by atoms with Gasteiger partial charge in [-0.25, -0.2) is 0 Å². The van der Waals surface area contributed by atoms with Gasteiger partial charge >= 0.3 is 0 Å². The second kappa shape index (κ2) is 9.94. The van der Waals surface area contributed by atoms with E-state index in [2.05, 4.69) is 34.2 Å². The number of carbonyl (C=O) groups excluding carboxylic acids is 1. The van der Waals surface area contributed by atoms with Gasteiger partial charge in [-0.05, 0) is 61.2 Å². The number of rotatable bonds is 8. The Morgan fingerprint density at radius 2 is 1.79 bits per heavy atom. The van der Waals surface area contributed by atoms with E-state index in [9.17, 15) is 4.79 Å². The molecule has 3 rings (SSSR count). The minimum absolute atomic E-state index is 0.0359. The Balaban J connectivity index is 1.61. The highest BCUT2D eigenvalue weighted by atomic mass is 79.9. The maximum absolute atomic E-state index is 12.6. The first kappa shape index (κ1) is 20.7. The summed E-state index contributed by atoms with van der Waals surface area (Å²) in [5.41, 5.74) is 0.649. The van der Waals surface area contributed by atoms with Crippen LogP contribution in [-0.2, 0) is 15.1 Å². The largest absolute Gasteiger partial charge is 0.494 e. The fraction of sp³-hybridized carbons (Fsp3) is 0.409. The SMILES string of the molecule is CCCOc1ccc(OCC(=O)NC2(c3cccc(Br)c3)CCOCC2)cc1. The number of ether oxygens (including phenoxy) is 3. The van der Waals surface area contributed by atoms with Crippen LogP contribution in [0.5, 0.6) is 11.5 Å². The van der Waals surface area contributed by atoms with Crippen molar-refractivity contribution in [3.05, 3.63) is 58.6 Å². The number of amides is 1. The van der Waals surface area contributed by atoms with E-state index in [1.807, 2.05) is 42.5 Å². The lowest BCUT2D eigenvalue weighted by Gasteiger charge is -2.38. The van der Waals surface area contributed by atoms with Gasteiger partial charge in [0.25, 0.3) is 5.91 Å². The Morgan fingerprint density at radius 3 is 2.43 bits per heavy atom. The average Bonchev–Trinajstić information content (AvgIpc) is 2.72. The third-order valence-corrected chi connectivity index (χ3v) is 5.26. The van der Waals surface area contributed by atoms with Crippen molar-refractivity contribution in [2.75, 3.05) is 26.4 Å². The highest BCUT2D eigenvalue weighted by Gasteiger charge is 2.36. The molecule has 1 aliphatic heterocycles. The molecular formula is C22H26BrNO4. The molecule has 0 saturated carbocycles. The summed E-state index contributed by atoms with van der Waals surface area (Å²) in [6.07, 6.45) is 2.43. The molecule has 0 bridgehead atoms. The number of halogens is 1. The maximum Gasteiger partial charge on any atom is 0.258 e. The van der Waals surface area contributed by atoms with Gasteiger partial charge in [0.2, 0.25) is 0 Å². The van der Waals surface area contributed by atoms with Crippen LogP contribution in [0.2, 0.25) is 0 Å². The highest BCUT2D eigenvalue weighted by Crippen LogP contribution is 2.33. The van der Waals surface area contributed by atoms with Gasteiger partial charge in [0.05, 0.1) is 12.1 Å². The second-order valence-electron chi connectivity index (χ2n) is 6.86. The molecule has 0 aliphatic carbocycles. The highest BCUT2D eigenvalue weighted by molar-refractivity contribution is 9.10. The molecule has 1 fully saturated rings. The Hall–Kier alpha value is -2.05. The molecule has 0 aromatic heterocycles. The van der Waals surface area contributed by atoms with E-state index in [1.54, 1.807) is 0 Å². The second-order valence-corrected chi connectivity index (χ2v) is 7.78. The van der Waals surface area contributed by atoms with Crippen molar-refractivity contribution in [2.45, 2.75) is 31.7 Å². The van der Waals surface area contributed by atoms with Crippen LogP contribution in [0.1, 0.15) is 31.7 Å². The lowest BCUT2D eigenvalue weighted by Crippen LogP contribution is -2.50. The molecule has 2 aromatic rings. The lowest BCUT2D eigenvalue weighted by atomic mass is 9.82. The summed E-state index contributed by atoms with van der Waals surface area (Å²) in [5.74, 6) is 1.30. The Labute approximate surface area is 174 Å². The third-order valence-electron chi connectivity index (χ3n) is 4.77. The zero-order valence-corrected chi connectivity index (χ0v) is 17.7. The molecule has 1 heterocycles. The summed E-state index contributed by atoms with van der Waals surface area (Å²) < 4.78 is 17.7. The normalized spacial score (nSPS) is 15.6. The first-order chi connectivity index (χ1) is 13.6. The van der Waals surface area contributed by atoms with E-state index in [1.165, 1.54) is 0 Å². The van der Waals surface area contributed by atoms with Gasteiger partial charge in [-0.3, -0.25) is 4.79 Å². The summed E-state index contributed by atoms with van der Waals surface area (Å²) in [6.45, 7) is 3.95. The number of hydrogen-bond acceptors (Lipinski definition) is 4. The van der Waals surface area contributed by atoms with E-state index in [-0.39, 0.29) is 12.5 Å². The van der Waals surface area contributed by atoms with Gasteiger partial charge < -0.3 is 19.5 Å². The van der Waals surface area contributed by atoms with Crippen LogP contribution in [0.3, 0.4) is 0 Å². The van der Waals surface area contributed by atoms with E-state index in [4.69, 9.17) is 14.2 Å². The molecule has 5 nitrogen and oxygen atoms in total. The van der Waals surface area contributed by atoms with Gasteiger partial charge in [0.1, 0.15) is 11.5 Å². The van der Waals surface area contributed by atoms with E-state index < -0.39 is 5.54 Å². The molecule has 0 radical (unpaired) electrons. The molecule has 1 amide bonds. The first-order valence-electron chi connectivity index (χ1n) is 9.62. The summed E-state index contributed by atoms with van der Waals surface area (Å²) in [6, 6.07) is 15.4. The van der Waals surface area contributed by atoms with Crippen LogP contribution >= 0.6 is 15.9 Å². The summed E-state index contributed by atoms with van der Waals surface area (Å²) >= 11 is 3.52. The number of carbonyl (C=O) groups is 1. The molecule has 0 spiro atoms. The van der Waals surface area contributed by atoms with Crippen LogP contribution in [0.4, 0.5) is 0 Å². The number of hydrogen-bond donors (Lipinski definition) is 1. The van der Waals surface area contributed by atoms with Crippen molar-refractivity contribution in [1.82, 2.24) is 5.32 Å². The van der Waals surface area contributed by atoms with Gasteiger partial charge in [0.15, 0.2) is 6.61 Å². The molecule has 1 N–H and O–H groups in total. The van der Waals surface area contributed by atoms with Crippen molar-refractivity contribution < 1.29 is 19.0 Å². The minimum atomic E-state index is -0.430. The van der Waals surface area contributed by atoms with Crippen LogP contribution in [0, 0.1) is 0 Å². The monoisotopic (exact) mass is 447 g/mol. The van der Waals surface area contributed by atoms with Crippen molar-refractivity contribution in [1.29, 1.82) is 0 Å². The van der Waals surface area contributed by atoms with Crippen LogP contribution < -0.4 is 14.8 Å². The van der Waals surface area contributed by atoms with Crippen molar-refractivity contribution >= 4 is 21.8 Å². The van der Waals surface area contributed by atoms with Gasteiger partial charge in [-0.1, -0.05) is 35.0 Å². The standard InChI is InChI=1S/C22H26BrNO4/c1-2-12-27-19-6-8-20(9-7-19)28-16-21(25)24-22(10-13-26-14-11-22)17-4-3-5-18(23)15-17/h3-9,15H,2,10-14,16H2,1H3,(H,24,25). The third kappa shape index (κ3) is 5.49. The van der Waals surface area contributed by atoms with Crippen LogP contribution in [0.25, 0.3) is 0 Å². The molecule has 1 saturated heterocycles. The molecule has 1 aliphatic rings. The zero-order chi connectivity index (χ0) is 19.8. The van der Waals surface area contributed by atoms with Gasteiger partial charge in [0, 0.05) is 17.7 Å². The number of benzene rings is 2. The van der Waals surface area contributed by atoms with E-state index >= 15 is 0 Å². The van der Waals surface area contributed by atoms with Crippen molar-refractivity contribution in [3.8, 4) is 11.5 Å². The summed E-state index contributed by atoms with van der Waals surface area (Å²) in [5, 5.41) is 3.20. The van der Waals surface area contributed by atoms with Gasteiger partial charge in [-0.15, -0.1) is 0 Å². The van der Waals surface area contributed by atoms with Crippen molar-refractivity contribution in [3.63, 3.8) is 0 Å². The van der Waals surface area contributed by atoms with E-state index in [0.717, 1.165) is 35.0 Å². The fourth-order valence-electron chi connectivity index (χ4n) is 3.30. The smallest absolute Gasteiger partial charge is 0.258 e. The summed E-state index contributed by atoms with van der Waals surface area (Å²) in [7, 11) is 0. The molecule has 150 valence electrons.